The minimum absolute atomic E-state index is 0.837. The molecule has 0 aromatic carbocycles. The Hall–Kier alpha value is -1.16. The molecule has 70 valence electrons. The van der Waals surface area contributed by atoms with E-state index in [1.165, 1.54) is 19.3 Å². The lowest BCUT2D eigenvalue weighted by Crippen LogP contribution is -2.35. The number of nitrogens with zero attached hydrogens (tertiary/aromatic N) is 3. The highest BCUT2D eigenvalue weighted by atomic mass is 15.5. The SMILES string of the molecule is c1cnnc(NN2CCCCC2)c1. The summed E-state index contributed by atoms with van der Waals surface area (Å²) in [5.74, 6) is 0.837. The zero-order chi connectivity index (χ0) is 8.93. The fourth-order valence-corrected chi connectivity index (χ4v) is 1.53. The molecule has 1 saturated heterocycles. The zero-order valence-corrected chi connectivity index (χ0v) is 7.61. The first-order valence-electron chi connectivity index (χ1n) is 4.74. The smallest absolute Gasteiger partial charge is 0.163 e. The van der Waals surface area contributed by atoms with Crippen molar-refractivity contribution in [3.05, 3.63) is 18.3 Å². The molecule has 1 N–H and O–H groups in total. The maximum absolute atomic E-state index is 3.97. The van der Waals surface area contributed by atoms with Gasteiger partial charge in [0.05, 0.1) is 0 Å². The van der Waals surface area contributed by atoms with Crippen molar-refractivity contribution in [2.45, 2.75) is 19.3 Å². The van der Waals surface area contributed by atoms with Gasteiger partial charge in [-0.3, -0.25) is 0 Å². The van der Waals surface area contributed by atoms with Crippen LogP contribution in [0.1, 0.15) is 19.3 Å². The fourth-order valence-electron chi connectivity index (χ4n) is 1.53. The number of piperidine rings is 1. The summed E-state index contributed by atoms with van der Waals surface area (Å²) < 4.78 is 0. The van der Waals surface area contributed by atoms with Crippen LogP contribution in [0.2, 0.25) is 0 Å². The van der Waals surface area contributed by atoms with E-state index < -0.39 is 0 Å². The van der Waals surface area contributed by atoms with E-state index in [9.17, 15) is 0 Å². The van der Waals surface area contributed by atoms with E-state index in [1.807, 2.05) is 12.1 Å². The van der Waals surface area contributed by atoms with E-state index in [0.29, 0.717) is 0 Å². The van der Waals surface area contributed by atoms with Crippen molar-refractivity contribution >= 4 is 5.82 Å². The second-order valence-corrected chi connectivity index (χ2v) is 3.27. The lowest BCUT2D eigenvalue weighted by atomic mass is 10.2. The van der Waals surface area contributed by atoms with Crippen LogP contribution in [0, 0.1) is 0 Å². The maximum Gasteiger partial charge on any atom is 0.163 e. The molecule has 0 unspecified atom stereocenters. The molecular weight excluding hydrogens is 164 g/mol. The van der Waals surface area contributed by atoms with E-state index >= 15 is 0 Å². The number of hydrogen-bond acceptors (Lipinski definition) is 4. The van der Waals surface area contributed by atoms with Gasteiger partial charge in [-0.05, 0) is 25.0 Å². The molecule has 0 atom stereocenters. The molecule has 1 aromatic rings. The molecule has 0 radical (unpaired) electrons. The molecule has 0 saturated carbocycles. The summed E-state index contributed by atoms with van der Waals surface area (Å²) in [5, 5.41) is 9.98. The molecule has 1 aliphatic rings. The van der Waals surface area contributed by atoms with E-state index in [1.54, 1.807) is 6.20 Å². The van der Waals surface area contributed by atoms with Crippen LogP contribution in [0.3, 0.4) is 0 Å². The Balaban J connectivity index is 1.90. The lowest BCUT2D eigenvalue weighted by Gasteiger charge is -2.26. The van der Waals surface area contributed by atoms with Crippen molar-refractivity contribution in [2.24, 2.45) is 0 Å². The van der Waals surface area contributed by atoms with Gasteiger partial charge < -0.3 is 5.43 Å². The number of aromatic nitrogens is 2. The van der Waals surface area contributed by atoms with Crippen LogP contribution in [0.4, 0.5) is 5.82 Å². The zero-order valence-electron chi connectivity index (χ0n) is 7.61. The van der Waals surface area contributed by atoms with E-state index in [0.717, 1.165) is 18.9 Å². The number of nitrogens with one attached hydrogen (secondary N) is 1. The van der Waals surface area contributed by atoms with Gasteiger partial charge in [-0.2, -0.15) is 5.10 Å². The Labute approximate surface area is 77.9 Å². The van der Waals surface area contributed by atoms with Crippen molar-refractivity contribution in [1.29, 1.82) is 0 Å². The molecule has 4 nitrogen and oxygen atoms in total. The fraction of sp³-hybridized carbons (Fsp3) is 0.556. The molecule has 1 fully saturated rings. The van der Waals surface area contributed by atoms with Gasteiger partial charge in [0, 0.05) is 19.3 Å². The topological polar surface area (TPSA) is 41.1 Å². The number of hydrogen-bond donors (Lipinski definition) is 1. The molecular formula is C9H14N4. The average molecular weight is 178 g/mol. The summed E-state index contributed by atoms with van der Waals surface area (Å²) in [4.78, 5) is 0. The number of anilines is 1. The number of hydrazine groups is 1. The molecule has 4 heteroatoms. The predicted octanol–water partition coefficient (Wildman–Crippen LogP) is 1.29. The van der Waals surface area contributed by atoms with Gasteiger partial charge in [0.25, 0.3) is 0 Å². The second kappa shape index (κ2) is 4.18. The van der Waals surface area contributed by atoms with Gasteiger partial charge in [-0.15, -0.1) is 5.10 Å². The van der Waals surface area contributed by atoms with E-state index in [-0.39, 0.29) is 0 Å². The molecule has 2 rings (SSSR count). The number of rotatable bonds is 2. The molecule has 1 aromatic heterocycles. The molecule has 13 heavy (non-hydrogen) atoms. The average Bonchev–Trinajstić information content (AvgIpc) is 2.21. The van der Waals surface area contributed by atoms with Gasteiger partial charge >= 0.3 is 0 Å². The van der Waals surface area contributed by atoms with E-state index in [4.69, 9.17) is 0 Å². The summed E-state index contributed by atoms with van der Waals surface area (Å²) in [6, 6.07) is 3.82. The first-order chi connectivity index (χ1) is 6.45. The maximum atomic E-state index is 3.97. The van der Waals surface area contributed by atoms with Gasteiger partial charge in [-0.25, -0.2) is 5.01 Å². The van der Waals surface area contributed by atoms with Crippen LogP contribution in [0.15, 0.2) is 18.3 Å². The third-order valence-electron chi connectivity index (χ3n) is 2.20. The van der Waals surface area contributed by atoms with Crippen LogP contribution in [0.5, 0.6) is 0 Å². The second-order valence-electron chi connectivity index (χ2n) is 3.27. The summed E-state index contributed by atoms with van der Waals surface area (Å²) >= 11 is 0. The molecule has 0 aliphatic carbocycles. The summed E-state index contributed by atoms with van der Waals surface area (Å²) in [6.07, 6.45) is 5.57. The van der Waals surface area contributed by atoms with E-state index in [2.05, 4.69) is 20.6 Å². The highest BCUT2D eigenvalue weighted by Gasteiger charge is 2.09. The van der Waals surface area contributed by atoms with Crippen molar-refractivity contribution in [1.82, 2.24) is 15.2 Å². The Morgan fingerprint density at radius 3 is 2.77 bits per heavy atom. The van der Waals surface area contributed by atoms with Crippen LogP contribution in [-0.4, -0.2) is 28.3 Å². The summed E-state index contributed by atoms with van der Waals surface area (Å²) in [7, 11) is 0. The first kappa shape index (κ1) is 8.44. The molecule has 0 amide bonds. The molecule has 0 bridgehead atoms. The summed E-state index contributed by atoms with van der Waals surface area (Å²) in [5.41, 5.74) is 3.24. The van der Waals surface area contributed by atoms with Crippen molar-refractivity contribution in [2.75, 3.05) is 18.5 Å². The molecule has 1 aliphatic heterocycles. The molecule has 0 spiro atoms. The van der Waals surface area contributed by atoms with Crippen molar-refractivity contribution in [3.8, 4) is 0 Å². The highest BCUT2D eigenvalue weighted by molar-refractivity contribution is 5.29. The van der Waals surface area contributed by atoms with Crippen LogP contribution >= 0.6 is 0 Å². The minimum atomic E-state index is 0.837. The van der Waals surface area contributed by atoms with Gasteiger partial charge in [0.15, 0.2) is 5.82 Å². The van der Waals surface area contributed by atoms with Crippen LogP contribution in [0.25, 0.3) is 0 Å². The first-order valence-corrected chi connectivity index (χ1v) is 4.74. The Morgan fingerprint density at radius 1 is 1.23 bits per heavy atom. The van der Waals surface area contributed by atoms with Gasteiger partial charge in [0.2, 0.25) is 0 Å². The monoisotopic (exact) mass is 178 g/mol. The Kier molecular flexibility index (Phi) is 2.72. The van der Waals surface area contributed by atoms with Gasteiger partial charge in [-0.1, -0.05) is 6.42 Å². The minimum Gasteiger partial charge on any atom is -0.302 e. The third-order valence-corrected chi connectivity index (χ3v) is 2.20. The van der Waals surface area contributed by atoms with Crippen LogP contribution in [-0.2, 0) is 0 Å². The largest absolute Gasteiger partial charge is 0.302 e. The Morgan fingerprint density at radius 2 is 2.08 bits per heavy atom. The quantitative estimate of drug-likeness (QED) is 0.741. The van der Waals surface area contributed by atoms with Gasteiger partial charge in [0.1, 0.15) is 0 Å². The highest BCUT2D eigenvalue weighted by Crippen LogP contribution is 2.09. The van der Waals surface area contributed by atoms with Crippen molar-refractivity contribution in [3.63, 3.8) is 0 Å². The Bertz CT molecular complexity index is 243. The normalized spacial score (nSPS) is 18.5. The van der Waals surface area contributed by atoms with Crippen molar-refractivity contribution < 1.29 is 0 Å². The molecule has 2 heterocycles. The third kappa shape index (κ3) is 2.39. The lowest BCUT2D eigenvalue weighted by molar-refractivity contribution is 0.272. The predicted molar refractivity (Wildman–Crippen MR) is 51.1 cm³/mol. The van der Waals surface area contributed by atoms with Crippen LogP contribution < -0.4 is 5.43 Å². The summed E-state index contributed by atoms with van der Waals surface area (Å²) in [6.45, 7) is 2.22. The standard InChI is InChI=1S/C9H14N4/c1-2-7-13(8-3-1)12-9-5-4-6-10-11-9/h4-6H,1-3,7-8H2,(H,11,12).